The number of rotatable bonds is 3. The lowest BCUT2D eigenvalue weighted by atomic mass is 9.69. The van der Waals surface area contributed by atoms with Crippen LogP contribution in [0.2, 0.25) is 0 Å². The van der Waals surface area contributed by atoms with Gasteiger partial charge in [0.15, 0.2) is 0 Å². The van der Waals surface area contributed by atoms with E-state index in [9.17, 15) is 0 Å². The van der Waals surface area contributed by atoms with E-state index in [0.29, 0.717) is 0 Å². The maximum Gasteiger partial charge on any atom is 0.0137 e. The lowest BCUT2D eigenvalue weighted by Gasteiger charge is -2.34. The Morgan fingerprint density at radius 3 is 1.81 bits per heavy atom. The van der Waals surface area contributed by atoms with Crippen LogP contribution < -0.4 is 10.4 Å². The monoisotopic (exact) mass is 610 g/mol. The quantitative estimate of drug-likeness (QED) is 0.187. The zero-order chi connectivity index (χ0) is 31.8. The summed E-state index contributed by atoms with van der Waals surface area (Å²) in [5.41, 5.74) is 15.0. The molecule has 0 radical (unpaired) electrons. The molecule has 0 aromatic heterocycles. The van der Waals surface area contributed by atoms with E-state index in [1.165, 1.54) is 93.2 Å². The van der Waals surface area contributed by atoms with E-state index < -0.39 is 0 Å². The average molecular weight is 611 g/mol. The number of benzene rings is 7. The van der Waals surface area contributed by atoms with Gasteiger partial charge in [0.25, 0.3) is 0 Å². The summed E-state index contributed by atoms with van der Waals surface area (Å²) in [4.78, 5) is 0. The Bertz CT molecular complexity index is 2650. The molecule has 0 saturated carbocycles. The van der Waals surface area contributed by atoms with Gasteiger partial charge in [-0.3, -0.25) is 0 Å². The molecule has 0 nitrogen and oxygen atoms in total. The Kier molecular flexibility index (Phi) is 6.08. The maximum absolute atomic E-state index is 2.42. The second-order valence-corrected chi connectivity index (χ2v) is 13.6. The lowest BCUT2D eigenvalue weighted by Crippen LogP contribution is -2.40. The molecule has 0 fully saturated rings. The van der Waals surface area contributed by atoms with Crippen LogP contribution in [0, 0.1) is 18.8 Å². The molecule has 2 atom stereocenters. The third kappa shape index (κ3) is 4.02. The van der Waals surface area contributed by atoms with Crippen LogP contribution >= 0.6 is 0 Å². The van der Waals surface area contributed by atoms with Crippen molar-refractivity contribution in [2.75, 3.05) is 0 Å². The number of allylic oxidation sites excluding steroid dienone is 4. The Balaban J connectivity index is 1.24. The minimum atomic E-state index is 0.249. The summed E-state index contributed by atoms with van der Waals surface area (Å²) in [6, 6.07) is 52.5. The van der Waals surface area contributed by atoms with Crippen LogP contribution in [0.15, 0.2) is 164 Å². The molecule has 0 heterocycles. The molecule has 7 aromatic rings. The van der Waals surface area contributed by atoms with Gasteiger partial charge in [-0.15, -0.1) is 0 Å². The lowest BCUT2D eigenvalue weighted by molar-refractivity contribution is 0.687. The fourth-order valence-electron chi connectivity index (χ4n) is 8.96. The Hall–Kier alpha value is -5.72. The van der Waals surface area contributed by atoms with Crippen molar-refractivity contribution < 1.29 is 0 Å². The van der Waals surface area contributed by atoms with Gasteiger partial charge in [-0.05, 0) is 101 Å². The summed E-state index contributed by atoms with van der Waals surface area (Å²) in [7, 11) is 0. The Morgan fingerprint density at radius 1 is 0.438 bits per heavy atom. The van der Waals surface area contributed by atoms with E-state index in [1.807, 2.05) is 0 Å². The summed E-state index contributed by atoms with van der Waals surface area (Å²) in [6.07, 6.45) is 10.3. The predicted molar refractivity (Wildman–Crippen MR) is 202 cm³/mol. The highest BCUT2D eigenvalue weighted by Gasteiger charge is 2.32. The molecular formula is C48H34. The van der Waals surface area contributed by atoms with E-state index in [4.69, 9.17) is 0 Å². The van der Waals surface area contributed by atoms with Crippen molar-refractivity contribution in [1.82, 2.24) is 0 Å². The maximum atomic E-state index is 2.42. The number of hydrogen-bond donors (Lipinski definition) is 0. The summed E-state index contributed by atoms with van der Waals surface area (Å²) in [5.74, 6) is 0.520. The molecule has 0 saturated heterocycles. The van der Waals surface area contributed by atoms with Crippen molar-refractivity contribution in [3.8, 4) is 22.3 Å². The standard InChI is InChI=1S/C48H34/c1-30-22-23-34-33(28-30)29-32-14-11-21-39-38(25-26-44(34)47(32)39)37-24-27-45(36-16-6-5-15-35(36)37)48-42-19-9-7-17-40(42)46(31-12-3-2-4-13-31)41-18-8-10-20-43(41)48/h2-28,40,42H,29H2,1H3. The largest absolute Gasteiger partial charge is 0.0760 e. The predicted octanol–water partition coefficient (Wildman–Crippen LogP) is 10.3. The van der Waals surface area contributed by atoms with Crippen LogP contribution in [-0.2, 0) is 6.42 Å². The first-order valence-corrected chi connectivity index (χ1v) is 17.2. The van der Waals surface area contributed by atoms with Crippen molar-refractivity contribution in [3.05, 3.63) is 202 Å². The van der Waals surface area contributed by atoms with Crippen molar-refractivity contribution in [2.24, 2.45) is 11.8 Å². The molecule has 48 heavy (non-hydrogen) atoms. The molecule has 0 amide bonds. The number of aryl methyl sites for hydroxylation is 1. The average Bonchev–Trinajstić information content (AvgIpc) is 3.14. The fourth-order valence-corrected chi connectivity index (χ4v) is 8.96. The van der Waals surface area contributed by atoms with Crippen molar-refractivity contribution in [1.29, 1.82) is 0 Å². The van der Waals surface area contributed by atoms with Gasteiger partial charge < -0.3 is 0 Å². The molecule has 2 unspecified atom stereocenters. The van der Waals surface area contributed by atoms with Crippen molar-refractivity contribution in [3.63, 3.8) is 0 Å². The van der Waals surface area contributed by atoms with Gasteiger partial charge in [0.2, 0.25) is 0 Å². The molecule has 0 aliphatic heterocycles. The van der Waals surface area contributed by atoms with Crippen LogP contribution in [0.3, 0.4) is 0 Å². The smallest absolute Gasteiger partial charge is 0.0137 e. The first-order valence-electron chi connectivity index (χ1n) is 17.2. The van der Waals surface area contributed by atoms with Crippen molar-refractivity contribution in [2.45, 2.75) is 13.3 Å². The second-order valence-electron chi connectivity index (χ2n) is 13.6. The van der Waals surface area contributed by atoms with Gasteiger partial charge in [-0.2, -0.15) is 0 Å². The molecule has 0 heteroatoms. The van der Waals surface area contributed by atoms with Crippen LogP contribution in [-0.4, -0.2) is 0 Å². The van der Waals surface area contributed by atoms with Gasteiger partial charge in [0, 0.05) is 11.8 Å². The topological polar surface area (TPSA) is 0 Å². The third-order valence-electron chi connectivity index (χ3n) is 11.0. The highest BCUT2D eigenvalue weighted by Crippen LogP contribution is 2.46. The minimum absolute atomic E-state index is 0.249. The SMILES string of the molecule is Cc1ccc2c(c1)Cc1cccc3c(-c4ccc(C5=c6ccccc6=C(c6ccccc6)C6C=CC=CC56)c5ccccc45)ccc-2c13. The molecule has 10 rings (SSSR count). The first kappa shape index (κ1) is 27.4. The minimum Gasteiger partial charge on any atom is -0.0760 e. The van der Waals surface area contributed by atoms with E-state index in [-0.39, 0.29) is 11.8 Å². The number of fused-ring (bicyclic) bond motifs is 5. The summed E-state index contributed by atoms with van der Waals surface area (Å²) < 4.78 is 0. The van der Waals surface area contributed by atoms with E-state index in [1.54, 1.807) is 0 Å². The molecule has 0 spiro atoms. The van der Waals surface area contributed by atoms with Crippen LogP contribution in [0.1, 0.15) is 27.8 Å². The third-order valence-corrected chi connectivity index (χ3v) is 11.0. The summed E-state index contributed by atoms with van der Waals surface area (Å²) in [6.45, 7) is 2.19. The second kappa shape index (κ2) is 10.7. The molecule has 0 N–H and O–H groups in total. The van der Waals surface area contributed by atoms with E-state index in [2.05, 4.69) is 171 Å². The summed E-state index contributed by atoms with van der Waals surface area (Å²) >= 11 is 0. The van der Waals surface area contributed by atoms with Gasteiger partial charge in [-0.25, -0.2) is 0 Å². The Labute approximate surface area is 281 Å². The zero-order valence-corrected chi connectivity index (χ0v) is 27.0. The van der Waals surface area contributed by atoms with E-state index in [0.717, 1.165) is 6.42 Å². The van der Waals surface area contributed by atoms with Crippen LogP contribution in [0.25, 0.3) is 54.9 Å². The molecule has 0 bridgehead atoms. The van der Waals surface area contributed by atoms with E-state index >= 15 is 0 Å². The molecular weight excluding hydrogens is 577 g/mol. The first-order chi connectivity index (χ1) is 23.7. The fraction of sp³-hybridized carbons (Fsp3) is 0.0833. The molecule has 7 aromatic carbocycles. The summed E-state index contributed by atoms with van der Waals surface area (Å²) in [5, 5.41) is 8.04. The van der Waals surface area contributed by atoms with Gasteiger partial charge in [0.1, 0.15) is 0 Å². The Morgan fingerprint density at radius 2 is 1.02 bits per heavy atom. The highest BCUT2D eigenvalue weighted by atomic mass is 14.4. The van der Waals surface area contributed by atoms with Crippen LogP contribution in [0.4, 0.5) is 0 Å². The number of hydrogen-bond acceptors (Lipinski definition) is 0. The molecule has 3 aliphatic carbocycles. The molecule has 3 aliphatic rings. The normalized spacial score (nSPS) is 17.4. The van der Waals surface area contributed by atoms with Gasteiger partial charge in [0.05, 0.1) is 0 Å². The van der Waals surface area contributed by atoms with Gasteiger partial charge in [-0.1, -0.05) is 169 Å². The van der Waals surface area contributed by atoms with Crippen LogP contribution in [0.5, 0.6) is 0 Å². The van der Waals surface area contributed by atoms with Gasteiger partial charge >= 0.3 is 0 Å². The highest BCUT2D eigenvalue weighted by molar-refractivity contribution is 6.13. The zero-order valence-electron chi connectivity index (χ0n) is 27.0. The van der Waals surface area contributed by atoms with Crippen molar-refractivity contribution >= 4 is 32.7 Å². The molecule has 226 valence electrons.